The van der Waals surface area contributed by atoms with Gasteiger partial charge in [-0.15, -0.1) is 0 Å². The fourth-order valence-corrected chi connectivity index (χ4v) is 3.93. The highest BCUT2D eigenvalue weighted by atomic mass is 16.6. The van der Waals surface area contributed by atoms with Crippen LogP contribution in [0.5, 0.6) is 0 Å². The first-order valence-electron chi connectivity index (χ1n) is 8.99. The highest BCUT2D eigenvalue weighted by molar-refractivity contribution is 6.14. The molecule has 0 saturated heterocycles. The highest BCUT2D eigenvalue weighted by Gasteiger charge is 2.29. The van der Waals surface area contributed by atoms with E-state index in [0.717, 1.165) is 18.4 Å². The average molecular weight is 352 g/mol. The predicted octanol–water partition coefficient (Wildman–Crippen LogP) is 5.09. The summed E-state index contributed by atoms with van der Waals surface area (Å²) in [6, 6.07) is 24.5. The molecular weight excluding hydrogens is 336 g/mol. The lowest BCUT2D eigenvalue weighted by molar-refractivity contribution is 0.0443. The fourth-order valence-electron chi connectivity index (χ4n) is 3.93. The second-order valence-electron chi connectivity index (χ2n) is 6.85. The van der Waals surface area contributed by atoms with Crippen molar-refractivity contribution in [3.05, 3.63) is 95.1 Å². The predicted molar refractivity (Wildman–Crippen MR) is 105 cm³/mol. The summed E-state index contributed by atoms with van der Waals surface area (Å²) >= 11 is 0. The van der Waals surface area contributed by atoms with Gasteiger partial charge in [0.1, 0.15) is 0 Å². The molecule has 1 aliphatic rings. The average Bonchev–Trinajstić information content (AvgIpc) is 2.98. The maximum atomic E-state index is 11.8. The summed E-state index contributed by atoms with van der Waals surface area (Å²) in [5, 5.41) is 4.97. The Morgan fingerprint density at radius 2 is 1.26 bits per heavy atom. The molecule has 0 aliphatic carbocycles. The summed E-state index contributed by atoms with van der Waals surface area (Å²) in [4.78, 5) is 23.4. The van der Waals surface area contributed by atoms with Crippen molar-refractivity contribution in [3.8, 4) is 0 Å². The molecule has 3 nitrogen and oxygen atoms in total. The van der Waals surface area contributed by atoms with Gasteiger partial charge in [-0.05, 0) is 63.7 Å². The molecule has 0 aromatic heterocycles. The zero-order valence-electron chi connectivity index (χ0n) is 14.6. The number of carbonyl (C=O) groups excluding carboxylic acids is 2. The number of carbonyl (C=O) groups is 2. The molecule has 0 bridgehead atoms. The van der Waals surface area contributed by atoms with Crippen LogP contribution >= 0.6 is 0 Å². The van der Waals surface area contributed by atoms with Crippen LogP contribution in [0.4, 0.5) is 0 Å². The minimum Gasteiger partial charge on any atom is -0.386 e. The summed E-state index contributed by atoms with van der Waals surface area (Å²) in [5.41, 5.74) is 3.07. The van der Waals surface area contributed by atoms with Crippen LogP contribution < -0.4 is 0 Å². The van der Waals surface area contributed by atoms with Crippen LogP contribution in [-0.4, -0.2) is 11.9 Å². The summed E-state index contributed by atoms with van der Waals surface area (Å²) < 4.78 is 4.69. The number of cyclic esters (lactones) is 2. The van der Waals surface area contributed by atoms with E-state index >= 15 is 0 Å². The van der Waals surface area contributed by atoms with Crippen molar-refractivity contribution in [2.24, 2.45) is 0 Å². The Morgan fingerprint density at radius 1 is 0.630 bits per heavy atom. The van der Waals surface area contributed by atoms with Crippen molar-refractivity contribution < 1.29 is 14.3 Å². The summed E-state index contributed by atoms with van der Waals surface area (Å²) in [6.07, 6.45) is 1.64. The van der Waals surface area contributed by atoms with Gasteiger partial charge in [-0.25, -0.2) is 9.59 Å². The van der Waals surface area contributed by atoms with E-state index in [1.165, 1.54) is 27.1 Å². The standard InChI is InChI=1S/C24H16O3/c25-23-21-12-10-15(13-22(21)24(26)27-23)9-11-20-18-7-3-1-5-16(18)14-17-6-2-4-8-19(17)20/h1-8,10,12-14H,9,11H2. The van der Waals surface area contributed by atoms with Gasteiger partial charge in [-0.2, -0.15) is 0 Å². The van der Waals surface area contributed by atoms with Crippen LogP contribution in [0.15, 0.2) is 72.8 Å². The van der Waals surface area contributed by atoms with E-state index in [9.17, 15) is 9.59 Å². The van der Waals surface area contributed by atoms with Gasteiger partial charge in [0.05, 0.1) is 11.1 Å². The Morgan fingerprint density at radius 3 is 1.96 bits per heavy atom. The number of aryl methyl sites for hydroxylation is 2. The van der Waals surface area contributed by atoms with Gasteiger partial charge in [-0.3, -0.25) is 0 Å². The Labute approximate surface area is 156 Å². The molecule has 0 fully saturated rings. The van der Waals surface area contributed by atoms with Crippen molar-refractivity contribution >= 4 is 33.5 Å². The summed E-state index contributed by atoms with van der Waals surface area (Å²) in [6.45, 7) is 0. The van der Waals surface area contributed by atoms with Gasteiger partial charge in [0, 0.05) is 0 Å². The van der Waals surface area contributed by atoms with E-state index in [1.54, 1.807) is 12.1 Å². The van der Waals surface area contributed by atoms with Crippen LogP contribution in [0.2, 0.25) is 0 Å². The van der Waals surface area contributed by atoms with Gasteiger partial charge >= 0.3 is 11.9 Å². The maximum Gasteiger partial charge on any atom is 0.346 e. The van der Waals surface area contributed by atoms with Crippen molar-refractivity contribution in [1.29, 1.82) is 0 Å². The Balaban J connectivity index is 1.56. The molecule has 1 aliphatic heterocycles. The largest absolute Gasteiger partial charge is 0.386 e. The Hall–Kier alpha value is -3.46. The van der Waals surface area contributed by atoms with E-state index in [2.05, 4.69) is 59.3 Å². The molecule has 1 heterocycles. The third-order valence-electron chi connectivity index (χ3n) is 5.26. The second kappa shape index (κ2) is 6.06. The number of fused-ring (bicyclic) bond motifs is 3. The van der Waals surface area contributed by atoms with E-state index in [0.29, 0.717) is 11.1 Å². The molecule has 27 heavy (non-hydrogen) atoms. The van der Waals surface area contributed by atoms with Gasteiger partial charge in [-0.1, -0.05) is 54.6 Å². The van der Waals surface area contributed by atoms with E-state index < -0.39 is 11.9 Å². The van der Waals surface area contributed by atoms with Crippen LogP contribution in [0.1, 0.15) is 31.8 Å². The molecule has 4 aromatic rings. The van der Waals surface area contributed by atoms with E-state index in [-0.39, 0.29) is 0 Å². The Bertz CT molecular complexity index is 1180. The fraction of sp³-hybridized carbons (Fsp3) is 0.0833. The molecule has 0 unspecified atom stereocenters. The number of rotatable bonds is 3. The third-order valence-corrected chi connectivity index (χ3v) is 5.26. The molecular formula is C24H16O3. The lowest BCUT2D eigenvalue weighted by Gasteiger charge is -2.12. The first kappa shape index (κ1) is 15.8. The molecule has 130 valence electrons. The lowest BCUT2D eigenvalue weighted by atomic mass is 9.92. The van der Waals surface area contributed by atoms with Crippen molar-refractivity contribution in [1.82, 2.24) is 0 Å². The van der Waals surface area contributed by atoms with Crippen LogP contribution in [0.25, 0.3) is 21.5 Å². The first-order chi connectivity index (χ1) is 13.2. The summed E-state index contributed by atoms with van der Waals surface area (Å²) in [5.74, 6) is -1.10. The summed E-state index contributed by atoms with van der Waals surface area (Å²) in [7, 11) is 0. The molecule has 5 rings (SSSR count). The zero-order valence-corrected chi connectivity index (χ0v) is 14.6. The highest BCUT2D eigenvalue weighted by Crippen LogP contribution is 2.30. The molecule has 4 aromatic carbocycles. The van der Waals surface area contributed by atoms with E-state index in [1.807, 2.05) is 6.07 Å². The number of hydrogen-bond acceptors (Lipinski definition) is 3. The van der Waals surface area contributed by atoms with Gasteiger partial charge in [0.25, 0.3) is 0 Å². The minimum absolute atomic E-state index is 0.361. The second-order valence-corrected chi connectivity index (χ2v) is 6.85. The molecule has 3 heteroatoms. The monoisotopic (exact) mass is 352 g/mol. The number of benzene rings is 4. The van der Waals surface area contributed by atoms with Crippen LogP contribution in [0, 0.1) is 0 Å². The zero-order chi connectivity index (χ0) is 18.4. The number of esters is 2. The van der Waals surface area contributed by atoms with Crippen molar-refractivity contribution in [3.63, 3.8) is 0 Å². The molecule has 0 amide bonds. The Kier molecular flexibility index (Phi) is 3.54. The molecule has 0 spiro atoms. The van der Waals surface area contributed by atoms with Crippen LogP contribution in [0.3, 0.4) is 0 Å². The van der Waals surface area contributed by atoms with Gasteiger partial charge in [0.15, 0.2) is 0 Å². The molecule has 0 N–H and O–H groups in total. The van der Waals surface area contributed by atoms with Crippen molar-refractivity contribution in [2.75, 3.05) is 0 Å². The third kappa shape index (κ3) is 2.59. The van der Waals surface area contributed by atoms with Gasteiger partial charge in [0.2, 0.25) is 0 Å². The minimum atomic E-state index is -0.554. The lowest BCUT2D eigenvalue weighted by Crippen LogP contribution is -1.98. The first-order valence-corrected chi connectivity index (χ1v) is 8.99. The van der Waals surface area contributed by atoms with Crippen LogP contribution in [-0.2, 0) is 17.6 Å². The number of ether oxygens (including phenoxy) is 1. The quantitative estimate of drug-likeness (QED) is 0.293. The maximum absolute atomic E-state index is 11.8. The normalized spacial score (nSPS) is 13.2. The molecule has 0 saturated carbocycles. The smallest absolute Gasteiger partial charge is 0.346 e. The molecule has 0 radical (unpaired) electrons. The topological polar surface area (TPSA) is 43.4 Å². The number of hydrogen-bond donors (Lipinski definition) is 0. The van der Waals surface area contributed by atoms with E-state index in [4.69, 9.17) is 0 Å². The molecule has 0 atom stereocenters. The van der Waals surface area contributed by atoms with Crippen molar-refractivity contribution in [2.45, 2.75) is 12.8 Å². The van der Waals surface area contributed by atoms with Gasteiger partial charge < -0.3 is 4.74 Å². The SMILES string of the molecule is O=C1OC(=O)c2cc(CCc3c4ccccc4cc4ccccc34)ccc21.